The Kier molecular flexibility index (Phi) is 65.2. The molecule has 0 aliphatic rings. The van der Waals surface area contributed by atoms with E-state index >= 15 is 0 Å². The summed E-state index contributed by atoms with van der Waals surface area (Å²) in [6.07, 6.45) is 3.16. The lowest BCUT2D eigenvalue weighted by atomic mass is 10.2. The Hall–Kier alpha value is -1.58. The Morgan fingerprint density at radius 1 is 1.25 bits per heavy atom. The monoisotopic (exact) mass is 295 g/mol. The van der Waals surface area contributed by atoms with E-state index in [1.807, 2.05) is 13.0 Å². The number of aliphatic hydroxyl groups excluding tert-OH is 1. The zero-order valence-electron chi connectivity index (χ0n) is 10.1. The molecule has 0 amide bonds. The van der Waals surface area contributed by atoms with Crippen molar-refractivity contribution < 1.29 is 14.6 Å². The quantitative estimate of drug-likeness (QED) is 0.529. The van der Waals surface area contributed by atoms with Gasteiger partial charge >= 0.3 is 0 Å². The number of rotatable bonds is 6. The first-order valence-electron chi connectivity index (χ1n) is 4.51. The van der Waals surface area contributed by atoms with Gasteiger partial charge in [-0.05, 0) is 39.3 Å². The molecule has 0 saturated heterocycles. The summed E-state index contributed by atoms with van der Waals surface area (Å²) in [5, 5.41) is 21.0. The average molecular weight is 295 g/mol. The Balaban J connectivity index is -0.0000000460. The smallest absolute Gasteiger partial charge is 0.276 e. The Labute approximate surface area is 126 Å². The molecule has 1 unspecified atom stereocenters. The molecule has 0 aromatic heterocycles. The fraction of sp³-hybridized carbons (Fsp3) is 0.714. The second-order valence-corrected chi connectivity index (χ2v) is 2.92. The van der Waals surface area contributed by atoms with Gasteiger partial charge in [0.25, 0.3) is 5.95 Å². The molecule has 0 aromatic carbocycles. The summed E-state index contributed by atoms with van der Waals surface area (Å²) < 4.78 is 9.89. The minimum Gasteiger partial charge on any atom is -0.469 e. The number of methoxy groups -OCH3 is 1. The predicted molar refractivity (Wildman–Crippen MR) is 87.3 cm³/mol. The number of ether oxygens (including phenoxy) is 2. The van der Waals surface area contributed by atoms with Gasteiger partial charge in [0, 0.05) is 10.8 Å². The van der Waals surface area contributed by atoms with Gasteiger partial charge in [0.15, 0.2) is 0 Å². The third kappa shape index (κ3) is 36.0. The molecule has 1 atom stereocenters. The molecule has 6 heteroatoms. The van der Waals surface area contributed by atoms with Crippen LogP contribution in [0.1, 0.15) is 56.4 Å². The van der Waals surface area contributed by atoms with E-state index in [1.165, 1.54) is 7.11 Å². The maximum atomic E-state index is 8.98. The third-order valence-corrected chi connectivity index (χ3v) is 1.52. The molecule has 20 heavy (non-hydrogen) atoms. The molecular formula is C14H37N3O3. The highest BCUT2D eigenvalue weighted by Crippen LogP contribution is 2.07. The molecule has 4 N–H and O–H groups in total. The second kappa shape index (κ2) is 30.4. The molecule has 0 rings (SSSR count). The van der Waals surface area contributed by atoms with Crippen molar-refractivity contribution in [2.75, 3.05) is 7.11 Å². The van der Waals surface area contributed by atoms with Crippen molar-refractivity contribution in [3.05, 3.63) is 24.4 Å². The molecule has 0 fully saturated rings. The van der Waals surface area contributed by atoms with Crippen molar-refractivity contribution in [1.29, 1.82) is 10.8 Å². The fourth-order valence-electron chi connectivity index (χ4n) is 0.791. The van der Waals surface area contributed by atoms with Gasteiger partial charge in [-0.15, -0.1) is 0 Å². The molecular weight excluding hydrogens is 258 g/mol. The Morgan fingerprint density at radius 2 is 1.65 bits per heavy atom. The van der Waals surface area contributed by atoms with E-state index in [9.17, 15) is 0 Å². The van der Waals surface area contributed by atoms with Crippen LogP contribution in [0.2, 0.25) is 0 Å². The fourth-order valence-corrected chi connectivity index (χ4v) is 0.791. The lowest BCUT2D eigenvalue weighted by Crippen LogP contribution is -1.98. The predicted octanol–water partition coefficient (Wildman–Crippen LogP) is 4.92. The van der Waals surface area contributed by atoms with Gasteiger partial charge < -0.3 is 20.7 Å². The minimum absolute atomic E-state index is 0. The molecule has 0 heterocycles. The Morgan fingerprint density at radius 3 is 1.95 bits per heavy atom. The van der Waals surface area contributed by atoms with Crippen LogP contribution in [0.3, 0.4) is 0 Å². The van der Waals surface area contributed by atoms with E-state index in [0.717, 1.165) is 18.6 Å². The normalized spacial score (nSPS) is 9.00. The summed E-state index contributed by atoms with van der Waals surface area (Å²) >= 11 is 0. The molecule has 0 spiro atoms. The summed E-state index contributed by atoms with van der Waals surface area (Å²) in [5.74, 6) is 1.03. The summed E-state index contributed by atoms with van der Waals surface area (Å²) in [6, 6.07) is 0. The standard InChI is InChI=1S/C10H18O3.4CH4.N2.H3N/c1-8(11)6-5-7-9(2)13-10(3)12-4;;;;;1-2;/h7-8,11H,3,5-6H2,1-2,4H3;4*1H4;;1H3/b9-7-;;;;;;. The largest absolute Gasteiger partial charge is 0.469 e. The maximum Gasteiger partial charge on any atom is 0.276 e. The average Bonchev–Trinajstić information content (AvgIpc) is 2.20. The van der Waals surface area contributed by atoms with Gasteiger partial charge in [0.05, 0.1) is 13.2 Å². The van der Waals surface area contributed by atoms with Crippen LogP contribution in [0.4, 0.5) is 0 Å². The number of aliphatic hydroxyl groups is 1. The van der Waals surface area contributed by atoms with E-state index in [0.29, 0.717) is 0 Å². The second-order valence-electron chi connectivity index (χ2n) is 2.92. The van der Waals surface area contributed by atoms with Crippen molar-refractivity contribution in [2.24, 2.45) is 0 Å². The van der Waals surface area contributed by atoms with Crippen molar-refractivity contribution in [3.63, 3.8) is 0 Å². The topological polar surface area (TPSA) is 121 Å². The van der Waals surface area contributed by atoms with E-state index in [2.05, 4.69) is 6.58 Å². The third-order valence-electron chi connectivity index (χ3n) is 1.52. The van der Waals surface area contributed by atoms with Crippen LogP contribution in [0.5, 0.6) is 0 Å². The molecule has 0 aromatic rings. The molecule has 0 aliphatic heterocycles. The first-order chi connectivity index (χ1) is 7.06. The van der Waals surface area contributed by atoms with Crippen LogP contribution in [-0.2, 0) is 9.47 Å². The van der Waals surface area contributed by atoms with Crippen LogP contribution in [0, 0.1) is 10.8 Å². The lowest BCUT2D eigenvalue weighted by molar-refractivity contribution is 0.106. The first-order valence-corrected chi connectivity index (χ1v) is 4.51. The molecule has 0 bridgehead atoms. The number of allylic oxidation sites excluding steroid dienone is 2. The Bertz CT molecular complexity index is 227. The maximum absolute atomic E-state index is 8.98. The molecule has 126 valence electrons. The van der Waals surface area contributed by atoms with Crippen LogP contribution >= 0.6 is 0 Å². The van der Waals surface area contributed by atoms with Crippen molar-refractivity contribution in [3.8, 4) is 0 Å². The molecule has 0 saturated carbocycles. The van der Waals surface area contributed by atoms with Crippen LogP contribution in [-0.4, -0.2) is 18.3 Å². The highest BCUT2D eigenvalue weighted by molar-refractivity contribution is 4.92. The van der Waals surface area contributed by atoms with Crippen molar-refractivity contribution in [2.45, 2.75) is 62.5 Å². The van der Waals surface area contributed by atoms with Crippen LogP contribution in [0.15, 0.2) is 24.4 Å². The van der Waals surface area contributed by atoms with Gasteiger partial charge in [-0.25, -0.2) is 0 Å². The van der Waals surface area contributed by atoms with E-state index in [-0.39, 0.29) is 47.9 Å². The van der Waals surface area contributed by atoms with Gasteiger partial charge in [-0.3, -0.25) is 0 Å². The first kappa shape index (κ1) is 42.9. The van der Waals surface area contributed by atoms with E-state index < -0.39 is 0 Å². The lowest BCUT2D eigenvalue weighted by Gasteiger charge is -2.07. The SMILES string of the molecule is C.C.C.C.C=C(OC)O/C(C)=C\CCC(C)O.N.N#N. The molecule has 0 radical (unpaired) electrons. The number of hydrogen-bond donors (Lipinski definition) is 2. The van der Waals surface area contributed by atoms with E-state index in [4.69, 9.17) is 25.4 Å². The zero-order valence-corrected chi connectivity index (χ0v) is 10.1. The number of hydrogen-bond acceptors (Lipinski definition) is 6. The highest BCUT2D eigenvalue weighted by Gasteiger charge is 1.96. The molecule has 0 aliphatic carbocycles. The minimum atomic E-state index is -0.269. The zero-order chi connectivity index (χ0) is 12.3. The van der Waals surface area contributed by atoms with Crippen LogP contribution < -0.4 is 6.15 Å². The van der Waals surface area contributed by atoms with Gasteiger partial charge in [-0.1, -0.05) is 29.7 Å². The van der Waals surface area contributed by atoms with Crippen molar-refractivity contribution in [1.82, 2.24) is 6.15 Å². The highest BCUT2D eigenvalue weighted by atomic mass is 16.7. The summed E-state index contributed by atoms with van der Waals surface area (Å²) in [6.45, 7) is 7.11. The van der Waals surface area contributed by atoms with Gasteiger partial charge in [0.2, 0.25) is 0 Å². The van der Waals surface area contributed by atoms with Crippen LogP contribution in [0.25, 0.3) is 0 Å². The van der Waals surface area contributed by atoms with Gasteiger partial charge in [-0.2, -0.15) is 0 Å². The summed E-state index contributed by atoms with van der Waals surface area (Å²) in [5.41, 5.74) is 0. The number of nitrogens with zero attached hydrogens (tertiary/aromatic N) is 2. The summed E-state index contributed by atoms with van der Waals surface area (Å²) in [4.78, 5) is 0. The summed E-state index contributed by atoms with van der Waals surface area (Å²) in [7, 11) is 1.51. The van der Waals surface area contributed by atoms with E-state index in [1.54, 1.807) is 6.92 Å². The van der Waals surface area contributed by atoms with Gasteiger partial charge in [0.1, 0.15) is 5.76 Å². The van der Waals surface area contributed by atoms with Crippen molar-refractivity contribution >= 4 is 0 Å². The molecule has 6 nitrogen and oxygen atoms in total.